The van der Waals surface area contributed by atoms with E-state index in [0.29, 0.717) is 12.0 Å². The van der Waals surface area contributed by atoms with Crippen LogP contribution in [0.2, 0.25) is 0 Å². The lowest BCUT2D eigenvalue weighted by Crippen LogP contribution is -2.47. The van der Waals surface area contributed by atoms with E-state index < -0.39 is 21.0 Å². The molecule has 3 aromatic rings. The van der Waals surface area contributed by atoms with Crippen LogP contribution >= 0.6 is 0 Å². The number of rotatable bonds is 7. The largest absolute Gasteiger partial charge is 0.495 e. The molecule has 3 aliphatic rings. The van der Waals surface area contributed by atoms with Crippen LogP contribution in [0.3, 0.4) is 0 Å². The van der Waals surface area contributed by atoms with E-state index in [4.69, 9.17) is 4.74 Å². The number of aliphatic hydroxyl groups is 1. The summed E-state index contributed by atoms with van der Waals surface area (Å²) in [4.78, 5) is 0.0686. The lowest BCUT2D eigenvalue weighted by molar-refractivity contribution is -0.0589. The maximum Gasteiger partial charge on any atom is 0.246 e. The van der Waals surface area contributed by atoms with Crippen molar-refractivity contribution in [2.75, 3.05) is 34.3 Å². The van der Waals surface area contributed by atoms with Gasteiger partial charge in [-0.25, -0.2) is 12.7 Å². The first-order valence-corrected chi connectivity index (χ1v) is 14.9. The van der Waals surface area contributed by atoms with Crippen LogP contribution in [-0.2, 0) is 21.0 Å². The first-order valence-electron chi connectivity index (χ1n) is 13.5. The van der Waals surface area contributed by atoms with Gasteiger partial charge in [0.25, 0.3) is 0 Å². The third kappa shape index (κ3) is 3.59. The molecule has 7 heteroatoms. The normalized spacial score (nSPS) is 24.2. The fourth-order valence-corrected chi connectivity index (χ4v) is 8.82. The number of methoxy groups -OCH3 is 1. The summed E-state index contributed by atoms with van der Waals surface area (Å²) in [6.45, 7) is 1.57. The first kappa shape index (κ1) is 25.6. The zero-order chi connectivity index (χ0) is 26.7. The Kier molecular flexibility index (Phi) is 6.18. The van der Waals surface area contributed by atoms with Crippen molar-refractivity contribution in [2.24, 2.45) is 5.92 Å². The summed E-state index contributed by atoms with van der Waals surface area (Å²) in [5.74, 6) is 0.438. The highest BCUT2D eigenvalue weighted by atomic mass is 32.2. The van der Waals surface area contributed by atoms with Gasteiger partial charge in [0, 0.05) is 31.0 Å². The van der Waals surface area contributed by atoms with Crippen molar-refractivity contribution in [3.8, 4) is 5.75 Å². The number of hydrogen-bond acceptors (Lipinski definition) is 5. The molecule has 1 saturated heterocycles. The molecule has 6 rings (SSSR count). The zero-order valence-corrected chi connectivity index (χ0v) is 23.1. The van der Waals surface area contributed by atoms with Crippen molar-refractivity contribution in [2.45, 2.75) is 47.5 Å². The van der Waals surface area contributed by atoms with Crippen molar-refractivity contribution in [1.29, 1.82) is 0 Å². The third-order valence-corrected chi connectivity index (χ3v) is 11.1. The van der Waals surface area contributed by atoms with E-state index in [1.807, 2.05) is 0 Å². The Bertz CT molecular complexity index is 1430. The molecule has 0 spiro atoms. The van der Waals surface area contributed by atoms with Crippen molar-refractivity contribution in [3.05, 3.63) is 94.5 Å². The highest BCUT2D eigenvalue weighted by Crippen LogP contribution is 2.64. The minimum absolute atomic E-state index is 0.0686. The Morgan fingerprint density at radius 1 is 0.974 bits per heavy atom. The fraction of sp³-hybridized carbons (Fsp3) is 0.419. The van der Waals surface area contributed by atoms with Gasteiger partial charge < -0.3 is 15.2 Å². The van der Waals surface area contributed by atoms with Crippen molar-refractivity contribution < 1.29 is 18.3 Å². The number of piperidine rings is 1. The lowest BCUT2D eigenvalue weighted by Gasteiger charge is -2.46. The lowest BCUT2D eigenvalue weighted by atomic mass is 9.63. The molecular weight excluding hydrogens is 496 g/mol. The average Bonchev–Trinajstić information content (AvgIpc) is 3.45. The van der Waals surface area contributed by atoms with Crippen LogP contribution in [0.4, 0.5) is 0 Å². The van der Waals surface area contributed by atoms with Crippen LogP contribution < -0.4 is 10.1 Å². The summed E-state index contributed by atoms with van der Waals surface area (Å²) in [6, 6.07) is 22.5. The van der Waals surface area contributed by atoms with Gasteiger partial charge in [0.2, 0.25) is 10.0 Å². The standard InChI is InChI=1S/C31H36N2O4S/c1-33(2)38(35,36)29-27(13-8-14-28(29)37-3)31(34,21-15-17-32-18-16-21)20-30-19-24(22-9-4-6-11-25(22)30)23-10-5-7-12-26(23)30/h4-14,21,24,32,34H,15-20H2,1-3H3. The minimum atomic E-state index is -3.91. The van der Waals surface area contributed by atoms with Gasteiger partial charge in [0.05, 0.1) is 12.7 Å². The van der Waals surface area contributed by atoms with Gasteiger partial charge in [-0.15, -0.1) is 0 Å². The second-order valence-electron chi connectivity index (χ2n) is 11.3. The maximum atomic E-state index is 13.8. The number of hydrogen-bond donors (Lipinski definition) is 2. The van der Waals surface area contributed by atoms with Gasteiger partial charge in [-0.05, 0) is 73.0 Å². The molecule has 0 aromatic heterocycles. The van der Waals surface area contributed by atoms with Gasteiger partial charge in [-0.2, -0.15) is 0 Å². The molecule has 1 aliphatic heterocycles. The van der Waals surface area contributed by atoms with Gasteiger partial charge in [-0.1, -0.05) is 60.7 Å². The van der Waals surface area contributed by atoms with Crippen LogP contribution in [0.15, 0.2) is 71.6 Å². The van der Waals surface area contributed by atoms with Crippen LogP contribution in [0.25, 0.3) is 0 Å². The monoisotopic (exact) mass is 532 g/mol. The van der Waals surface area contributed by atoms with Crippen molar-refractivity contribution in [1.82, 2.24) is 9.62 Å². The van der Waals surface area contributed by atoms with E-state index in [1.54, 1.807) is 18.2 Å². The molecule has 1 atom stereocenters. The smallest absolute Gasteiger partial charge is 0.246 e. The van der Waals surface area contributed by atoms with Gasteiger partial charge in [0.15, 0.2) is 0 Å². The molecule has 1 heterocycles. The van der Waals surface area contributed by atoms with Crippen molar-refractivity contribution in [3.63, 3.8) is 0 Å². The topological polar surface area (TPSA) is 78.9 Å². The number of ether oxygens (including phenoxy) is 1. The van der Waals surface area contributed by atoms with Gasteiger partial charge in [-0.3, -0.25) is 0 Å². The Morgan fingerprint density at radius 3 is 2.16 bits per heavy atom. The van der Waals surface area contributed by atoms with Crippen LogP contribution in [0.5, 0.6) is 5.75 Å². The molecule has 3 aromatic carbocycles. The Labute approximate surface area is 225 Å². The third-order valence-electron chi connectivity index (χ3n) is 9.25. The summed E-state index contributed by atoms with van der Waals surface area (Å²) in [5, 5.41) is 16.5. The van der Waals surface area contributed by atoms with E-state index in [9.17, 15) is 13.5 Å². The number of nitrogens with one attached hydrogen (secondary N) is 1. The number of nitrogens with zero attached hydrogens (tertiary/aromatic N) is 1. The minimum Gasteiger partial charge on any atom is -0.495 e. The maximum absolute atomic E-state index is 13.8. The summed E-state index contributed by atoms with van der Waals surface area (Å²) < 4.78 is 34.4. The van der Waals surface area contributed by atoms with Crippen LogP contribution in [0, 0.1) is 5.92 Å². The molecule has 2 bridgehead atoms. The molecular formula is C31H36N2O4S. The first-order chi connectivity index (χ1) is 18.2. The predicted octanol–water partition coefficient (Wildman–Crippen LogP) is 4.36. The van der Waals surface area contributed by atoms with Gasteiger partial charge >= 0.3 is 0 Å². The molecule has 2 N–H and O–H groups in total. The highest BCUT2D eigenvalue weighted by molar-refractivity contribution is 7.89. The Morgan fingerprint density at radius 2 is 1.58 bits per heavy atom. The highest BCUT2D eigenvalue weighted by Gasteiger charge is 2.57. The fourth-order valence-electron chi connectivity index (χ4n) is 7.52. The SMILES string of the molecule is COc1cccc(C(O)(CC23CC(c4ccccc42)c2ccccc23)C2CCNCC2)c1S(=O)(=O)N(C)C. The number of benzene rings is 3. The van der Waals surface area contributed by atoms with Crippen LogP contribution in [-0.4, -0.2) is 52.1 Å². The molecule has 6 nitrogen and oxygen atoms in total. The second-order valence-corrected chi connectivity index (χ2v) is 13.4. The zero-order valence-electron chi connectivity index (χ0n) is 22.3. The molecule has 1 unspecified atom stereocenters. The van der Waals surface area contributed by atoms with E-state index in [1.165, 1.54) is 47.8 Å². The van der Waals surface area contributed by atoms with E-state index in [0.717, 1.165) is 32.4 Å². The Hall–Kier alpha value is -2.71. The number of sulfonamides is 1. The summed E-state index contributed by atoms with van der Waals surface area (Å²) in [5.41, 5.74) is 3.81. The molecule has 0 saturated carbocycles. The summed E-state index contributed by atoms with van der Waals surface area (Å²) >= 11 is 0. The average molecular weight is 533 g/mol. The molecule has 2 aliphatic carbocycles. The second kappa shape index (κ2) is 9.19. The van der Waals surface area contributed by atoms with E-state index >= 15 is 0 Å². The summed E-state index contributed by atoms with van der Waals surface area (Å²) in [7, 11) is 0.630. The number of fused-ring (bicyclic) bond motifs is 8. The van der Waals surface area contributed by atoms with Crippen LogP contribution in [0.1, 0.15) is 59.4 Å². The van der Waals surface area contributed by atoms with Crippen molar-refractivity contribution >= 4 is 10.0 Å². The van der Waals surface area contributed by atoms with E-state index in [-0.39, 0.29) is 22.5 Å². The predicted molar refractivity (Wildman–Crippen MR) is 148 cm³/mol. The molecule has 38 heavy (non-hydrogen) atoms. The van der Waals surface area contributed by atoms with E-state index in [2.05, 4.69) is 53.8 Å². The molecule has 0 amide bonds. The Balaban J connectivity index is 1.61. The summed E-state index contributed by atoms with van der Waals surface area (Å²) in [6.07, 6.45) is 2.83. The van der Waals surface area contributed by atoms with Gasteiger partial charge in [0.1, 0.15) is 10.6 Å². The molecule has 0 radical (unpaired) electrons. The molecule has 200 valence electrons. The molecule has 1 fully saturated rings. The quantitative estimate of drug-likeness (QED) is 0.473.